The van der Waals surface area contributed by atoms with Crippen LogP contribution in [0.3, 0.4) is 0 Å². The molecule has 3 aromatic rings. The molecule has 1 aliphatic rings. The van der Waals surface area contributed by atoms with E-state index in [1.807, 2.05) is 24.3 Å². The van der Waals surface area contributed by atoms with Crippen LogP contribution in [0.4, 0.5) is 0 Å². The molecule has 0 spiro atoms. The Labute approximate surface area is 162 Å². The SMILES string of the molecule is O=c1cc(CN2CCN(Cc3ccsc3)C(CCO)C2)[nH]c2ccccc12. The summed E-state index contributed by atoms with van der Waals surface area (Å²) in [6, 6.07) is 11.9. The summed E-state index contributed by atoms with van der Waals surface area (Å²) < 4.78 is 0. The number of nitrogens with one attached hydrogen (secondary N) is 1. The van der Waals surface area contributed by atoms with Crippen LogP contribution in [0.5, 0.6) is 0 Å². The van der Waals surface area contributed by atoms with Gasteiger partial charge in [-0.05, 0) is 40.9 Å². The Morgan fingerprint density at radius 2 is 2.07 bits per heavy atom. The first kappa shape index (κ1) is 18.4. The molecule has 27 heavy (non-hydrogen) atoms. The third kappa shape index (κ3) is 4.30. The number of para-hydroxylation sites is 1. The van der Waals surface area contributed by atoms with Crippen molar-refractivity contribution in [1.29, 1.82) is 0 Å². The monoisotopic (exact) mass is 383 g/mol. The molecule has 0 saturated carbocycles. The smallest absolute Gasteiger partial charge is 0.189 e. The van der Waals surface area contributed by atoms with Gasteiger partial charge in [-0.2, -0.15) is 11.3 Å². The van der Waals surface area contributed by atoms with Crippen molar-refractivity contribution in [2.75, 3.05) is 26.2 Å². The topological polar surface area (TPSA) is 59.6 Å². The largest absolute Gasteiger partial charge is 0.396 e. The summed E-state index contributed by atoms with van der Waals surface area (Å²) in [5.41, 5.74) is 3.26. The van der Waals surface area contributed by atoms with Gasteiger partial charge in [0.25, 0.3) is 0 Å². The van der Waals surface area contributed by atoms with Gasteiger partial charge in [0.2, 0.25) is 0 Å². The zero-order valence-corrected chi connectivity index (χ0v) is 16.1. The lowest BCUT2D eigenvalue weighted by molar-refractivity contribution is 0.0495. The van der Waals surface area contributed by atoms with Gasteiger partial charge in [0.15, 0.2) is 5.43 Å². The predicted octanol–water partition coefficient (Wildman–Crippen LogP) is 2.66. The summed E-state index contributed by atoms with van der Waals surface area (Å²) in [5.74, 6) is 0. The Hall–Kier alpha value is -1.99. The van der Waals surface area contributed by atoms with E-state index in [1.165, 1.54) is 5.56 Å². The maximum atomic E-state index is 12.4. The average Bonchev–Trinajstić information content (AvgIpc) is 3.17. The van der Waals surface area contributed by atoms with Crippen molar-refractivity contribution in [3.63, 3.8) is 0 Å². The summed E-state index contributed by atoms with van der Waals surface area (Å²) in [5, 5.41) is 14.5. The van der Waals surface area contributed by atoms with Crippen molar-refractivity contribution in [2.45, 2.75) is 25.6 Å². The normalized spacial score (nSPS) is 18.9. The summed E-state index contributed by atoms with van der Waals surface area (Å²) in [6.45, 7) is 4.70. The van der Waals surface area contributed by atoms with Gasteiger partial charge in [-0.15, -0.1) is 0 Å². The average molecular weight is 384 g/mol. The van der Waals surface area contributed by atoms with Gasteiger partial charge in [-0.1, -0.05) is 12.1 Å². The van der Waals surface area contributed by atoms with Crippen LogP contribution in [0.15, 0.2) is 52.0 Å². The highest BCUT2D eigenvalue weighted by Crippen LogP contribution is 2.19. The summed E-state index contributed by atoms with van der Waals surface area (Å²) >= 11 is 1.73. The first-order chi connectivity index (χ1) is 13.2. The van der Waals surface area contributed by atoms with Crippen molar-refractivity contribution < 1.29 is 5.11 Å². The minimum atomic E-state index is 0.0716. The van der Waals surface area contributed by atoms with Crippen LogP contribution in [0.25, 0.3) is 10.9 Å². The van der Waals surface area contributed by atoms with E-state index in [0.717, 1.165) is 55.7 Å². The molecule has 1 fully saturated rings. The fourth-order valence-electron chi connectivity index (χ4n) is 3.93. The number of hydrogen-bond donors (Lipinski definition) is 2. The minimum absolute atomic E-state index is 0.0716. The quantitative estimate of drug-likeness (QED) is 0.687. The molecule has 1 unspecified atom stereocenters. The molecule has 1 saturated heterocycles. The van der Waals surface area contributed by atoms with Crippen LogP contribution < -0.4 is 5.43 Å². The number of H-pyrrole nitrogens is 1. The van der Waals surface area contributed by atoms with Crippen molar-refractivity contribution >= 4 is 22.2 Å². The summed E-state index contributed by atoms with van der Waals surface area (Å²) in [6.07, 6.45) is 0.773. The lowest BCUT2D eigenvalue weighted by Gasteiger charge is -2.41. The van der Waals surface area contributed by atoms with E-state index in [0.29, 0.717) is 6.04 Å². The van der Waals surface area contributed by atoms with Gasteiger partial charge < -0.3 is 10.1 Å². The highest BCUT2D eigenvalue weighted by Gasteiger charge is 2.27. The van der Waals surface area contributed by atoms with Crippen LogP contribution in [-0.4, -0.2) is 52.2 Å². The number of thiophene rings is 1. The first-order valence-electron chi connectivity index (χ1n) is 9.42. The first-order valence-corrected chi connectivity index (χ1v) is 10.4. The Kier molecular flexibility index (Phi) is 5.69. The van der Waals surface area contributed by atoms with Crippen molar-refractivity contribution in [3.05, 3.63) is 68.6 Å². The molecule has 5 nitrogen and oxygen atoms in total. The Morgan fingerprint density at radius 3 is 2.89 bits per heavy atom. The van der Waals surface area contributed by atoms with Crippen molar-refractivity contribution in [1.82, 2.24) is 14.8 Å². The highest BCUT2D eigenvalue weighted by atomic mass is 32.1. The fraction of sp³-hybridized carbons (Fsp3) is 0.381. The van der Waals surface area contributed by atoms with Crippen molar-refractivity contribution in [3.8, 4) is 0 Å². The van der Waals surface area contributed by atoms with E-state index < -0.39 is 0 Å². The molecule has 4 rings (SSSR count). The number of piperazine rings is 1. The summed E-state index contributed by atoms with van der Waals surface area (Å²) in [7, 11) is 0. The molecular formula is C21H25N3O2S. The molecule has 2 aromatic heterocycles. The number of fused-ring (bicyclic) bond motifs is 1. The number of pyridine rings is 1. The predicted molar refractivity (Wildman–Crippen MR) is 110 cm³/mol. The number of aromatic amines is 1. The van der Waals surface area contributed by atoms with E-state index in [2.05, 4.69) is 31.6 Å². The molecule has 6 heteroatoms. The molecular weight excluding hydrogens is 358 g/mol. The number of nitrogens with zero attached hydrogens (tertiary/aromatic N) is 2. The Balaban J connectivity index is 1.46. The van der Waals surface area contributed by atoms with E-state index >= 15 is 0 Å². The minimum Gasteiger partial charge on any atom is -0.396 e. The Bertz CT molecular complexity index is 938. The van der Waals surface area contributed by atoms with Gasteiger partial charge in [-0.3, -0.25) is 14.6 Å². The van der Waals surface area contributed by atoms with Gasteiger partial charge in [0, 0.05) is 68.0 Å². The standard InChI is InChI=1S/C21H25N3O2S/c25-9-5-18-14-23(7-8-24(18)12-16-6-10-27-15-16)13-17-11-21(26)19-3-1-2-4-20(19)22-17/h1-4,6,10-11,15,18,25H,5,7-9,12-14H2,(H,22,26). The summed E-state index contributed by atoms with van der Waals surface area (Å²) in [4.78, 5) is 20.6. The van der Waals surface area contributed by atoms with Gasteiger partial charge >= 0.3 is 0 Å². The highest BCUT2D eigenvalue weighted by molar-refractivity contribution is 7.07. The van der Waals surface area contributed by atoms with Crippen LogP contribution in [-0.2, 0) is 13.1 Å². The second-order valence-corrected chi connectivity index (χ2v) is 7.99. The molecule has 0 radical (unpaired) electrons. The number of aromatic nitrogens is 1. The molecule has 0 bridgehead atoms. The zero-order chi connectivity index (χ0) is 18.6. The second-order valence-electron chi connectivity index (χ2n) is 7.21. The van der Waals surface area contributed by atoms with Crippen molar-refractivity contribution in [2.24, 2.45) is 0 Å². The van der Waals surface area contributed by atoms with Crippen LogP contribution in [0.1, 0.15) is 17.7 Å². The lowest BCUT2D eigenvalue weighted by atomic mass is 10.1. The van der Waals surface area contributed by atoms with Crippen LogP contribution >= 0.6 is 11.3 Å². The van der Waals surface area contributed by atoms with E-state index in [4.69, 9.17) is 0 Å². The fourth-order valence-corrected chi connectivity index (χ4v) is 4.59. The molecule has 2 N–H and O–H groups in total. The molecule has 142 valence electrons. The van der Waals surface area contributed by atoms with Gasteiger partial charge in [0.1, 0.15) is 0 Å². The number of aliphatic hydroxyl groups is 1. The number of hydrogen-bond acceptors (Lipinski definition) is 5. The molecule has 0 amide bonds. The van der Waals surface area contributed by atoms with Crippen LogP contribution in [0, 0.1) is 0 Å². The molecule has 0 aliphatic carbocycles. The number of aliphatic hydroxyl groups excluding tert-OH is 1. The Morgan fingerprint density at radius 1 is 1.19 bits per heavy atom. The lowest BCUT2D eigenvalue weighted by Crippen LogP contribution is -2.52. The maximum Gasteiger partial charge on any atom is 0.189 e. The van der Waals surface area contributed by atoms with Crippen LogP contribution in [0.2, 0.25) is 0 Å². The second kappa shape index (κ2) is 8.35. The molecule has 3 heterocycles. The number of rotatable bonds is 6. The molecule has 1 aromatic carbocycles. The van der Waals surface area contributed by atoms with E-state index in [1.54, 1.807) is 17.4 Å². The number of benzene rings is 1. The van der Waals surface area contributed by atoms with E-state index in [-0.39, 0.29) is 12.0 Å². The molecule has 1 atom stereocenters. The third-order valence-electron chi connectivity index (χ3n) is 5.30. The van der Waals surface area contributed by atoms with Gasteiger partial charge in [0.05, 0.1) is 0 Å². The third-order valence-corrected chi connectivity index (χ3v) is 6.04. The van der Waals surface area contributed by atoms with E-state index in [9.17, 15) is 9.90 Å². The molecule has 1 aliphatic heterocycles. The van der Waals surface area contributed by atoms with Gasteiger partial charge in [-0.25, -0.2) is 0 Å². The zero-order valence-electron chi connectivity index (χ0n) is 15.3. The maximum absolute atomic E-state index is 12.4.